The van der Waals surface area contributed by atoms with Crippen molar-refractivity contribution in [3.63, 3.8) is 0 Å². The third kappa shape index (κ3) is 3.30. The summed E-state index contributed by atoms with van der Waals surface area (Å²) in [6.45, 7) is 0.495. The highest BCUT2D eigenvalue weighted by atomic mass is 19.4. The molecule has 1 N–H and O–H groups in total. The minimum atomic E-state index is -4.40. The fraction of sp³-hybridized carbons (Fsp3) is 0.333. The van der Waals surface area contributed by atoms with Crippen molar-refractivity contribution in [2.24, 2.45) is 7.05 Å². The summed E-state index contributed by atoms with van der Waals surface area (Å²) in [5.41, 5.74) is 1.75. The Labute approximate surface area is 160 Å². The maximum atomic E-state index is 13.4. The summed E-state index contributed by atoms with van der Waals surface area (Å²) >= 11 is 0. The molecule has 2 unspecified atom stereocenters. The number of carbonyl (C=O) groups excluding carboxylic acids is 1. The lowest BCUT2D eigenvalue weighted by atomic mass is 9.82. The number of hydrogen-bond acceptors (Lipinski definition) is 3. The topological polar surface area (TPSA) is 46.9 Å². The molecule has 0 radical (unpaired) electrons. The van der Waals surface area contributed by atoms with Gasteiger partial charge in [-0.25, -0.2) is 0 Å². The number of carbonyl (C=O) groups is 1. The van der Waals surface area contributed by atoms with Crippen molar-refractivity contribution in [3.8, 4) is 0 Å². The summed E-state index contributed by atoms with van der Waals surface area (Å²) < 4.78 is 42.0. The fourth-order valence-corrected chi connectivity index (χ4v) is 4.09. The van der Waals surface area contributed by atoms with Crippen molar-refractivity contribution < 1.29 is 18.0 Å². The molecule has 3 aromatic rings. The van der Waals surface area contributed by atoms with Gasteiger partial charge in [0.1, 0.15) is 0 Å². The van der Waals surface area contributed by atoms with Crippen LogP contribution in [0, 0.1) is 0 Å². The van der Waals surface area contributed by atoms with Gasteiger partial charge in [-0.05, 0) is 55.1 Å². The first-order chi connectivity index (χ1) is 13.4. The molecule has 7 heteroatoms. The number of piperidine rings is 1. The molecule has 1 aliphatic heterocycles. The largest absolute Gasteiger partial charge is 0.416 e. The van der Waals surface area contributed by atoms with Crippen LogP contribution in [-0.4, -0.2) is 27.9 Å². The summed E-state index contributed by atoms with van der Waals surface area (Å²) in [5, 5.41) is 3.18. The molecule has 1 fully saturated rings. The van der Waals surface area contributed by atoms with Crippen LogP contribution in [0.3, 0.4) is 0 Å². The molecule has 1 aliphatic rings. The molecular weight excluding hydrogens is 367 g/mol. The van der Waals surface area contributed by atoms with E-state index in [9.17, 15) is 18.0 Å². The van der Waals surface area contributed by atoms with E-state index in [1.165, 1.54) is 12.1 Å². The lowest BCUT2D eigenvalue weighted by Crippen LogP contribution is -2.43. The van der Waals surface area contributed by atoms with Gasteiger partial charge in [0.15, 0.2) is 5.78 Å². The highest BCUT2D eigenvalue weighted by Gasteiger charge is 2.37. The average molecular weight is 387 g/mol. The molecule has 1 saturated heterocycles. The molecule has 0 spiro atoms. The van der Waals surface area contributed by atoms with E-state index in [1.54, 1.807) is 36.0 Å². The van der Waals surface area contributed by atoms with Crippen LogP contribution in [0.4, 0.5) is 13.2 Å². The molecule has 0 saturated carbocycles. The highest BCUT2D eigenvalue weighted by molar-refractivity contribution is 6.02. The Bertz CT molecular complexity index is 1030. The molecule has 0 amide bonds. The maximum absolute atomic E-state index is 13.4. The van der Waals surface area contributed by atoms with Crippen LogP contribution in [0.15, 0.2) is 48.7 Å². The fourth-order valence-electron chi connectivity index (χ4n) is 4.09. The van der Waals surface area contributed by atoms with Crippen LogP contribution < -0.4 is 5.32 Å². The maximum Gasteiger partial charge on any atom is 0.416 e. The Morgan fingerprint density at radius 1 is 1.21 bits per heavy atom. The van der Waals surface area contributed by atoms with Gasteiger partial charge in [0.25, 0.3) is 0 Å². The van der Waals surface area contributed by atoms with E-state index in [0.29, 0.717) is 25.1 Å². The first-order valence-corrected chi connectivity index (χ1v) is 9.20. The third-order valence-electron chi connectivity index (χ3n) is 5.49. The number of pyridine rings is 1. The van der Waals surface area contributed by atoms with Crippen LogP contribution >= 0.6 is 0 Å². The number of halogens is 3. The Hall–Kier alpha value is -2.67. The summed E-state index contributed by atoms with van der Waals surface area (Å²) in [7, 11) is 1.80. The Balaban J connectivity index is 1.62. The van der Waals surface area contributed by atoms with Crippen molar-refractivity contribution in [2.45, 2.75) is 31.0 Å². The molecule has 1 aromatic carbocycles. The van der Waals surface area contributed by atoms with Gasteiger partial charge in [-0.2, -0.15) is 13.2 Å². The van der Waals surface area contributed by atoms with Gasteiger partial charge < -0.3 is 9.88 Å². The number of Topliss-reactive ketones (excluding diaryl/α,β-unsaturated/α-hetero) is 1. The van der Waals surface area contributed by atoms with Gasteiger partial charge in [-0.1, -0.05) is 18.2 Å². The predicted molar refractivity (Wildman–Crippen MR) is 100 cm³/mol. The number of aromatic nitrogens is 2. The molecular formula is C21H20F3N3O. The Morgan fingerprint density at radius 3 is 2.75 bits per heavy atom. The second kappa shape index (κ2) is 7.05. The van der Waals surface area contributed by atoms with Crippen LogP contribution in [0.5, 0.6) is 0 Å². The average Bonchev–Trinajstić information content (AvgIpc) is 3.04. The normalized spacial score (nSPS) is 20.4. The number of hydrogen-bond donors (Lipinski definition) is 1. The number of aryl methyl sites for hydroxylation is 1. The van der Waals surface area contributed by atoms with Gasteiger partial charge in [0, 0.05) is 13.2 Å². The molecule has 2 atom stereocenters. The second-order valence-corrected chi connectivity index (χ2v) is 7.17. The monoisotopic (exact) mass is 387 g/mol. The second-order valence-electron chi connectivity index (χ2n) is 7.17. The number of alkyl halides is 3. The van der Waals surface area contributed by atoms with E-state index in [4.69, 9.17) is 0 Å². The smallest absolute Gasteiger partial charge is 0.340 e. The molecule has 0 aliphatic carbocycles. The van der Waals surface area contributed by atoms with Crippen LogP contribution in [0.25, 0.3) is 11.0 Å². The number of fused-ring (bicyclic) bond motifs is 1. The standard InChI is InChI=1S/C21H20F3N3O/c1-27-18-7-4-9-25-16(18)12-19(27)20(28)17-11-13(8-10-26-17)14-5-2-3-6-15(14)21(22,23)24/h2-7,9,12-13,17,26H,8,10-11H2,1H3. The van der Waals surface area contributed by atoms with E-state index in [0.717, 1.165) is 17.1 Å². The van der Waals surface area contributed by atoms with Crippen molar-refractivity contribution >= 4 is 16.8 Å². The van der Waals surface area contributed by atoms with Crippen molar-refractivity contribution in [1.29, 1.82) is 0 Å². The highest BCUT2D eigenvalue weighted by Crippen LogP contribution is 2.39. The lowest BCUT2D eigenvalue weighted by Gasteiger charge is -2.31. The van der Waals surface area contributed by atoms with Gasteiger partial charge in [-0.15, -0.1) is 0 Å². The number of ketones is 1. The van der Waals surface area contributed by atoms with Gasteiger partial charge in [-0.3, -0.25) is 9.78 Å². The van der Waals surface area contributed by atoms with E-state index < -0.39 is 17.8 Å². The molecule has 4 nitrogen and oxygen atoms in total. The third-order valence-corrected chi connectivity index (χ3v) is 5.49. The lowest BCUT2D eigenvalue weighted by molar-refractivity contribution is -0.138. The minimum absolute atomic E-state index is 0.116. The van der Waals surface area contributed by atoms with Crippen molar-refractivity contribution in [2.75, 3.05) is 6.54 Å². The van der Waals surface area contributed by atoms with Crippen LogP contribution in [0.2, 0.25) is 0 Å². The zero-order valence-corrected chi connectivity index (χ0v) is 15.3. The van der Waals surface area contributed by atoms with Crippen molar-refractivity contribution in [3.05, 3.63) is 65.5 Å². The first kappa shape index (κ1) is 18.7. The first-order valence-electron chi connectivity index (χ1n) is 9.20. The van der Waals surface area contributed by atoms with Gasteiger partial charge in [0.05, 0.1) is 28.3 Å². The van der Waals surface area contributed by atoms with Crippen LogP contribution in [0.1, 0.15) is 40.4 Å². The molecule has 0 bridgehead atoms. The number of benzene rings is 1. The summed E-state index contributed by atoms with van der Waals surface area (Å²) in [4.78, 5) is 17.4. The molecule has 3 heterocycles. The van der Waals surface area contributed by atoms with Crippen molar-refractivity contribution in [1.82, 2.24) is 14.9 Å². The molecule has 4 rings (SSSR count). The number of nitrogens with zero attached hydrogens (tertiary/aromatic N) is 2. The van der Waals surface area contributed by atoms with E-state index in [-0.39, 0.29) is 17.3 Å². The zero-order chi connectivity index (χ0) is 19.9. The SMILES string of the molecule is Cn1c(C(=O)C2CC(c3ccccc3C(F)(F)F)CCN2)cc2ncccc21. The van der Waals surface area contributed by atoms with Gasteiger partial charge in [0.2, 0.25) is 0 Å². The summed E-state index contributed by atoms with van der Waals surface area (Å²) in [6.07, 6.45) is -1.84. The Kier molecular flexibility index (Phi) is 4.71. The van der Waals surface area contributed by atoms with Crippen LogP contribution in [-0.2, 0) is 13.2 Å². The zero-order valence-electron chi connectivity index (χ0n) is 15.3. The van der Waals surface area contributed by atoms with E-state index >= 15 is 0 Å². The van der Waals surface area contributed by atoms with E-state index in [1.807, 2.05) is 6.07 Å². The Morgan fingerprint density at radius 2 is 2.00 bits per heavy atom. The summed E-state index contributed by atoms with van der Waals surface area (Å²) in [5.74, 6) is -0.435. The van der Waals surface area contributed by atoms with E-state index in [2.05, 4.69) is 10.3 Å². The predicted octanol–water partition coefficient (Wildman–Crippen LogP) is 4.31. The quantitative estimate of drug-likeness (QED) is 0.682. The summed E-state index contributed by atoms with van der Waals surface area (Å²) in [6, 6.07) is 10.6. The number of nitrogens with one attached hydrogen (secondary N) is 1. The molecule has 2 aromatic heterocycles. The molecule has 28 heavy (non-hydrogen) atoms. The van der Waals surface area contributed by atoms with Gasteiger partial charge >= 0.3 is 6.18 Å². The number of rotatable bonds is 3. The molecule has 146 valence electrons. The minimum Gasteiger partial charge on any atom is -0.340 e.